The third-order valence-corrected chi connectivity index (χ3v) is 2.51. The van der Waals surface area contributed by atoms with E-state index in [1.54, 1.807) is 18.9 Å². The fourth-order valence-electron chi connectivity index (χ4n) is 0.583. The second-order valence-corrected chi connectivity index (χ2v) is 4.10. The molecule has 2 unspecified atom stereocenters. The predicted molar refractivity (Wildman–Crippen MR) is 41.4 cm³/mol. The lowest BCUT2D eigenvalue weighted by molar-refractivity contribution is -0.166. The summed E-state index contributed by atoms with van der Waals surface area (Å²) in [6.07, 6.45) is 0.579. The summed E-state index contributed by atoms with van der Waals surface area (Å²) < 4.78 is 10.4. The molecule has 1 N–H and O–H groups in total. The molecule has 0 saturated heterocycles. The average Bonchev–Trinajstić information content (AvgIpc) is 1.99. The highest BCUT2D eigenvalue weighted by molar-refractivity contribution is 7.37. The zero-order valence-corrected chi connectivity index (χ0v) is 7.75. The number of hydrogen-bond donors (Lipinski definition) is 1. The van der Waals surface area contributed by atoms with Gasteiger partial charge in [0, 0.05) is 13.0 Å². The van der Waals surface area contributed by atoms with Crippen LogP contribution >= 0.6 is 8.03 Å². The SMILES string of the molecule is CC(CCN(C)CO)[P+](=O)[O-]. The maximum atomic E-state index is 10.4. The molecule has 0 rings (SSSR count). The summed E-state index contributed by atoms with van der Waals surface area (Å²) >= 11 is 0. The van der Waals surface area contributed by atoms with E-state index >= 15 is 0 Å². The van der Waals surface area contributed by atoms with E-state index in [2.05, 4.69) is 0 Å². The van der Waals surface area contributed by atoms with Gasteiger partial charge in [-0.05, 0) is 14.0 Å². The van der Waals surface area contributed by atoms with Crippen molar-refractivity contribution in [3.05, 3.63) is 0 Å². The fraction of sp³-hybridized carbons (Fsp3) is 1.00. The Morgan fingerprint density at radius 3 is 2.64 bits per heavy atom. The van der Waals surface area contributed by atoms with E-state index in [0.717, 1.165) is 0 Å². The van der Waals surface area contributed by atoms with Crippen molar-refractivity contribution in [2.24, 2.45) is 0 Å². The Labute approximate surface area is 67.7 Å². The fourth-order valence-corrected chi connectivity index (χ4v) is 0.910. The average molecular weight is 179 g/mol. The van der Waals surface area contributed by atoms with Crippen LogP contribution in [-0.4, -0.2) is 36.0 Å². The van der Waals surface area contributed by atoms with E-state index in [9.17, 15) is 9.46 Å². The largest absolute Gasteiger partial charge is 0.595 e. The quantitative estimate of drug-likeness (QED) is 0.467. The van der Waals surface area contributed by atoms with Gasteiger partial charge in [0.1, 0.15) is 0 Å². The monoisotopic (exact) mass is 179 g/mol. The summed E-state index contributed by atoms with van der Waals surface area (Å²) in [6, 6.07) is 0. The molecule has 0 aliphatic rings. The molecule has 0 bridgehead atoms. The Hall–Kier alpha value is -0.0200. The lowest BCUT2D eigenvalue weighted by Crippen LogP contribution is -2.23. The zero-order chi connectivity index (χ0) is 8.85. The minimum Gasteiger partial charge on any atom is -0.595 e. The van der Waals surface area contributed by atoms with Gasteiger partial charge in [-0.1, -0.05) is 4.57 Å². The van der Waals surface area contributed by atoms with Crippen LogP contribution in [0.4, 0.5) is 0 Å². The summed E-state index contributed by atoms with van der Waals surface area (Å²) in [4.78, 5) is 12.0. The van der Waals surface area contributed by atoms with Crippen LogP contribution in [0.25, 0.3) is 0 Å². The summed E-state index contributed by atoms with van der Waals surface area (Å²) in [5, 5.41) is 8.56. The van der Waals surface area contributed by atoms with Crippen LogP contribution in [0.2, 0.25) is 0 Å². The van der Waals surface area contributed by atoms with E-state index in [1.165, 1.54) is 0 Å². The van der Waals surface area contributed by atoms with Gasteiger partial charge in [0.25, 0.3) is 0 Å². The maximum Gasteiger partial charge on any atom is 0.311 e. The third-order valence-electron chi connectivity index (χ3n) is 1.53. The number of aliphatic hydroxyl groups excluding tert-OH is 1. The second-order valence-electron chi connectivity index (χ2n) is 2.64. The zero-order valence-electron chi connectivity index (χ0n) is 6.86. The standard InChI is InChI=1S/C6H14NO3P/c1-6(11(9)10)3-4-7(2)5-8/h6,8H,3-5H2,1-2H3. The van der Waals surface area contributed by atoms with Crippen molar-refractivity contribution in [3.8, 4) is 0 Å². The van der Waals surface area contributed by atoms with Gasteiger partial charge in [0.15, 0.2) is 5.66 Å². The van der Waals surface area contributed by atoms with Gasteiger partial charge in [-0.2, -0.15) is 0 Å². The highest BCUT2D eigenvalue weighted by Gasteiger charge is 2.14. The van der Waals surface area contributed by atoms with Gasteiger partial charge >= 0.3 is 8.03 Å². The van der Waals surface area contributed by atoms with Crippen molar-refractivity contribution in [1.29, 1.82) is 0 Å². The molecule has 11 heavy (non-hydrogen) atoms. The van der Waals surface area contributed by atoms with Crippen LogP contribution in [0.3, 0.4) is 0 Å². The molecule has 0 aromatic carbocycles. The Morgan fingerprint density at radius 1 is 1.73 bits per heavy atom. The van der Waals surface area contributed by atoms with Gasteiger partial charge in [-0.3, -0.25) is 4.90 Å². The number of aliphatic hydroxyl groups is 1. The smallest absolute Gasteiger partial charge is 0.311 e. The molecular formula is C6H14NO3P. The molecule has 4 nitrogen and oxygen atoms in total. The Morgan fingerprint density at radius 2 is 2.27 bits per heavy atom. The van der Waals surface area contributed by atoms with E-state index in [1.807, 2.05) is 0 Å². The Balaban J connectivity index is 3.45. The molecule has 0 aromatic heterocycles. The predicted octanol–water partition coefficient (Wildman–Crippen LogP) is -0.251. The van der Waals surface area contributed by atoms with E-state index in [-0.39, 0.29) is 12.4 Å². The second kappa shape index (κ2) is 5.61. The molecule has 66 valence electrons. The number of hydrogen-bond acceptors (Lipinski definition) is 4. The molecule has 5 heteroatoms. The van der Waals surface area contributed by atoms with Crippen molar-refractivity contribution < 1.29 is 14.6 Å². The molecule has 0 aliphatic carbocycles. The molecule has 0 amide bonds. The minimum absolute atomic E-state index is 0.0254. The van der Waals surface area contributed by atoms with E-state index < -0.39 is 8.03 Å². The molecule has 0 radical (unpaired) electrons. The Bertz CT molecular complexity index is 131. The molecule has 0 aromatic rings. The number of rotatable bonds is 5. The summed E-state index contributed by atoms with van der Waals surface area (Å²) in [6.45, 7) is 2.25. The number of nitrogens with zero attached hydrogens (tertiary/aromatic N) is 1. The first-order valence-corrected chi connectivity index (χ1v) is 4.75. The molecule has 0 spiro atoms. The van der Waals surface area contributed by atoms with Crippen LogP contribution in [0.5, 0.6) is 0 Å². The van der Waals surface area contributed by atoms with Crippen molar-refractivity contribution >= 4 is 8.03 Å². The Kier molecular flexibility index (Phi) is 5.60. The first-order valence-electron chi connectivity index (χ1n) is 3.50. The molecule has 2 atom stereocenters. The topological polar surface area (TPSA) is 63.6 Å². The molecular weight excluding hydrogens is 165 g/mol. The molecule has 0 fully saturated rings. The van der Waals surface area contributed by atoms with Crippen molar-refractivity contribution in [2.75, 3.05) is 20.3 Å². The highest BCUT2D eigenvalue weighted by Crippen LogP contribution is 2.19. The van der Waals surface area contributed by atoms with Gasteiger partial charge < -0.3 is 10.00 Å². The van der Waals surface area contributed by atoms with E-state index in [4.69, 9.17) is 5.11 Å². The third kappa shape index (κ3) is 5.27. The summed E-state index contributed by atoms with van der Waals surface area (Å²) in [7, 11) is -0.565. The lowest BCUT2D eigenvalue weighted by atomic mass is 10.3. The van der Waals surface area contributed by atoms with Crippen LogP contribution in [0, 0.1) is 0 Å². The first kappa shape index (κ1) is 11.0. The van der Waals surface area contributed by atoms with E-state index in [0.29, 0.717) is 13.0 Å². The highest BCUT2D eigenvalue weighted by atomic mass is 31.1. The van der Waals surface area contributed by atoms with Gasteiger partial charge in [0.05, 0.1) is 6.73 Å². The first-order chi connectivity index (χ1) is 5.07. The van der Waals surface area contributed by atoms with Crippen LogP contribution in [0.15, 0.2) is 0 Å². The molecule has 0 heterocycles. The van der Waals surface area contributed by atoms with Crippen LogP contribution < -0.4 is 4.89 Å². The normalized spacial score (nSPS) is 15.2. The van der Waals surface area contributed by atoms with Gasteiger partial charge in [-0.25, -0.2) is 0 Å². The van der Waals surface area contributed by atoms with Crippen LogP contribution in [0.1, 0.15) is 13.3 Å². The minimum atomic E-state index is -2.31. The van der Waals surface area contributed by atoms with Crippen LogP contribution in [-0.2, 0) is 4.57 Å². The van der Waals surface area contributed by atoms with Crippen molar-refractivity contribution in [2.45, 2.75) is 19.0 Å². The maximum absolute atomic E-state index is 10.4. The summed E-state index contributed by atoms with van der Waals surface area (Å²) in [5.41, 5.74) is -0.293. The van der Waals surface area contributed by atoms with Gasteiger partial charge in [0.2, 0.25) is 0 Å². The van der Waals surface area contributed by atoms with Gasteiger partial charge in [-0.15, -0.1) is 0 Å². The van der Waals surface area contributed by atoms with Crippen molar-refractivity contribution in [3.63, 3.8) is 0 Å². The molecule has 0 saturated carbocycles. The summed E-state index contributed by atoms with van der Waals surface area (Å²) in [5.74, 6) is 0. The lowest BCUT2D eigenvalue weighted by Gasteiger charge is -2.12. The van der Waals surface area contributed by atoms with Crippen molar-refractivity contribution in [1.82, 2.24) is 4.90 Å². The molecule has 0 aliphatic heterocycles.